The van der Waals surface area contributed by atoms with Crippen LogP contribution in [-0.4, -0.2) is 12.9 Å². The molecule has 2 heteroatoms. The molecular formula is C14H20O2. The van der Waals surface area contributed by atoms with Crippen LogP contribution in [0.3, 0.4) is 0 Å². The summed E-state index contributed by atoms with van der Waals surface area (Å²) in [7, 11) is 1.64. The Kier molecular flexibility index (Phi) is 5.03. The number of ether oxygens (including phenoxy) is 1. The van der Waals surface area contributed by atoms with Crippen LogP contribution in [0.15, 0.2) is 24.3 Å². The van der Waals surface area contributed by atoms with Gasteiger partial charge in [-0.15, -0.1) is 0 Å². The molecule has 0 aliphatic carbocycles. The standard InChI is InChI=1S/C14H20O2/c1-11(2)8-9-13(15)10-12-6-4-5-7-14(12)16-3/h4-7,11H,8-10H2,1-3H3. The molecule has 0 atom stereocenters. The van der Waals surface area contributed by atoms with Crippen LogP contribution in [-0.2, 0) is 11.2 Å². The van der Waals surface area contributed by atoms with Crippen molar-refractivity contribution in [3.8, 4) is 5.75 Å². The Morgan fingerprint density at radius 1 is 1.31 bits per heavy atom. The van der Waals surface area contributed by atoms with Crippen LogP contribution in [0.5, 0.6) is 5.75 Å². The topological polar surface area (TPSA) is 26.3 Å². The van der Waals surface area contributed by atoms with Crippen molar-refractivity contribution < 1.29 is 9.53 Å². The van der Waals surface area contributed by atoms with Gasteiger partial charge in [0.25, 0.3) is 0 Å². The summed E-state index contributed by atoms with van der Waals surface area (Å²) in [6.07, 6.45) is 2.11. The van der Waals surface area contributed by atoms with Gasteiger partial charge in [-0.05, 0) is 18.4 Å². The number of Topliss-reactive ketones (excluding diaryl/α,β-unsaturated/α-hetero) is 1. The molecule has 0 heterocycles. The van der Waals surface area contributed by atoms with Crippen LogP contribution in [0.1, 0.15) is 32.3 Å². The Balaban J connectivity index is 2.55. The number of methoxy groups -OCH3 is 1. The fourth-order valence-electron chi connectivity index (χ4n) is 1.60. The zero-order valence-electron chi connectivity index (χ0n) is 10.3. The summed E-state index contributed by atoms with van der Waals surface area (Å²) in [6.45, 7) is 4.27. The Labute approximate surface area is 97.6 Å². The Bertz CT molecular complexity index is 342. The molecule has 0 N–H and O–H groups in total. The molecule has 88 valence electrons. The number of carbonyl (C=O) groups excluding carboxylic acids is 1. The quantitative estimate of drug-likeness (QED) is 0.735. The van der Waals surface area contributed by atoms with Crippen LogP contribution in [0.25, 0.3) is 0 Å². The van der Waals surface area contributed by atoms with E-state index in [9.17, 15) is 4.79 Å². The monoisotopic (exact) mass is 220 g/mol. The minimum absolute atomic E-state index is 0.290. The van der Waals surface area contributed by atoms with Gasteiger partial charge in [0.1, 0.15) is 11.5 Å². The smallest absolute Gasteiger partial charge is 0.137 e. The molecule has 0 fully saturated rings. The van der Waals surface area contributed by atoms with Crippen molar-refractivity contribution in [1.29, 1.82) is 0 Å². The lowest BCUT2D eigenvalue weighted by molar-refractivity contribution is -0.118. The Morgan fingerprint density at radius 2 is 2.00 bits per heavy atom. The van der Waals surface area contributed by atoms with Crippen molar-refractivity contribution in [3.63, 3.8) is 0 Å². The number of ketones is 1. The van der Waals surface area contributed by atoms with Gasteiger partial charge in [0.2, 0.25) is 0 Å². The van der Waals surface area contributed by atoms with Gasteiger partial charge in [0.15, 0.2) is 0 Å². The van der Waals surface area contributed by atoms with Gasteiger partial charge in [-0.3, -0.25) is 4.79 Å². The predicted molar refractivity (Wildman–Crippen MR) is 65.8 cm³/mol. The summed E-state index contributed by atoms with van der Waals surface area (Å²) in [5.74, 6) is 1.68. The third-order valence-corrected chi connectivity index (χ3v) is 2.58. The van der Waals surface area contributed by atoms with Crippen molar-refractivity contribution in [2.75, 3.05) is 7.11 Å². The first-order chi connectivity index (χ1) is 7.63. The molecule has 0 aliphatic rings. The lowest BCUT2D eigenvalue weighted by Gasteiger charge is -2.08. The molecule has 16 heavy (non-hydrogen) atoms. The van der Waals surface area contributed by atoms with E-state index >= 15 is 0 Å². The highest BCUT2D eigenvalue weighted by atomic mass is 16.5. The molecule has 0 radical (unpaired) electrons. The second-order valence-corrected chi connectivity index (χ2v) is 4.46. The third-order valence-electron chi connectivity index (χ3n) is 2.58. The van der Waals surface area contributed by atoms with Crippen molar-refractivity contribution in [2.24, 2.45) is 5.92 Å². The van der Waals surface area contributed by atoms with E-state index in [1.165, 1.54) is 0 Å². The van der Waals surface area contributed by atoms with E-state index in [-0.39, 0.29) is 0 Å². The van der Waals surface area contributed by atoms with Crippen LogP contribution in [0, 0.1) is 5.92 Å². The predicted octanol–water partition coefficient (Wildman–Crippen LogP) is 3.24. The first-order valence-corrected chi connectivity index (χ1v) is 5.77. The first-order valence-electron chi connectivity index (χ1n) is 5.77. The molecule has 0 amide bonds. The van der Waals surface area contributed by atoms with Gasteiger partial charge in [0.05, 0.1) is 7.11 Å². The number of benzene rings is 1. The largest absolute Gasteiger partial charge is 0.496 e. The molecule has 0 unspecified atom stereocenters. The molecule has 1 rings (SSSR count). The van der Waals surface area contributed by atoms with Crippen molar-refractivity contribution in [3.05, 3.63) is 29.8 Å². The van der Waals surface area contributed by atoms with Crippen molar-refractivity contribution >= 4 is 5.78 Å². The van der Waals surface area contributed by atoms with Gasteiger partial charge in [-0.25, -0.2) is 0 Å². The molecule has 0 saturated heterocycles. The van der Waals surface area contributed by atoms with Crippen LogP contribution < -0.4 is 4.74 Å². The van der Waals surface area contributed by atoms with Gasteiger partial charge in [-0.1, -0.05) is 32.0 Å². The fourth-order valence-corrected chi connectivity index (χ4v) is 1.60. The number of carbonyl (C=O) groups is 1. The zero-order valence-corrected chi connectivity index (χ0v) is 10.3. The SMILES string of the molecule is COc1ccccc1CC(=O)CCC(C)C. The highest BCUT2D eigenvalue weighted by Gasteiger charge is 2.08. The van der Waals surface area contributed by atoms with E-state index in [0.717, 1.165) is 17.7 Å². The number of rotatable bonds is 6. The van der Waals surface area contributed by atoms with Gasteiger partial charge in [0, 0.05) is 18.4 Å². The van der Waals surface area contributed by atoms with E-state index in [1.54, 1.807) is 7.11 Å². The maximum atomic E-state index is 11.7. The van der Waals surface area contributed by atoms with Gasteiger partial charge in [-0.2, -0.15) is 0 Å². The third kappa shape index (κ3) is 4.05. The number of hydrogen-bond acceptors (Lipinski definition) is 2. The van der Waals surface area contributed by atoms with E-state index in [4.69, 9.17) is 4.74 Å². The normalized spacial score (nSPS) is 10.5. The second kappa shape index (κ2) is 6.31. The summed E-state index contributed by atoms with van der Waals surface area (Å²) in [5, 5.41) is 0. The Hall–Kier alpha value is -1.31. The maximum Gasteiger partial charge on any atom is 0.137 e. The summed E-state index contributed by atoms with van der Waals surface area (Å²) in [5.41, 5.74) is 0.985. The fraction of sp³-hybridized carbons (Fsp3) is 0.500. The summed E-state index contributed by atoms with van der Waals surface area (Å²) in [4.78, 5) is 11.7. The number of hydrogen-bond donors (Lipinski definition) is 0. The van der Waals surface area contributed by atoms with E-state index in [1.807, 2.05) is 24.3 Å². The highest BCUT2D eigenvalue weighted by molar-refractivity contribution is 5.81. The number of para-hydroxylation sites is 1. The van der Waals surface area contributed by atoms with Gasteiger partial charge >= 0.3 is 0 Å². The van der Waals surface area contributed by atoms with Crippen LogP contribution in [0.2, 0.25) is 0 Å². The van der Waals surface area contributed by atoms with Crippen LogP contribution in [0.4, 0.5) is 0 Å². The molecule has 0 bridgehead atoms. The Morgan fingerprint density at radius 3 is 2.62 bits per heavy atom. The van der Waals surface area contributed by atoms with E-state index in [0.29, 0.717) is 24.5 Å². The zero-order chi connectivity index (χ0) is 12.0. The lowest BCUT2D eigenvalue weighted by Crippen LogP contribution is -2.05. The summed E-state index contributed by atoms with van der Waals surface area (Å²) >= 11 is 0. The highest BCUT2D eigenvalue weighted by Crippen LogP contribution is 2.19. The van der Waals surface area contributed by atoms with E-state index < -0.39 is 0 Å². The average Bonchev–Trinajstić information content (AvgIpc) is 2.27. The van der Waals surface area contributed by atoms with Crippen molar-refractivity contribution in [2.45, 2.75) is 33.1 Å². The molecule has 0 aromatic heterocycles. The molecule has 0 aliphatic heterocycles. The second-order valence-electron chi connectivity index (χ2n) is 4.46. The van der Waals surface area contributed by atoms with Crippen LogP contribution >= 0.6 is 0 Å². The molecule has 1 aromatic rings. The molecule has 1 aromatic carbocycles. The first kappa shape index (κ1) is 12.8. The summed E-state index contributed by atoms with van der Waals surface area (Å²) < 4.78 is 5.22. The molecular weight excluding hydrogens is 200 g/mol. The minimum atomic E-state index is 0.290. The van der Waals surface area contributed by atoms with E-state index in [2.05, 4.69) is 13.8 Å². The average molecular weight is 220 g/mol. The molecule has 2 nitrogen and oxygen atoms in total. The van der Waals surface area contributed by atoms with Crippen molar-refractivity contribution in [1.82, 2.24) is 0 Å². The molecule has 0 saturated carbocycles. The van der Waals surface area contributed by atoms with Gasteiger partial charge < -0.3 is 4.74 Å². The minimum Gasteiger partial charge on any atom is -0.496 e. The lowest BCUT2D eigenvalue weighted by atomic mass is 10.0. The maximum absolute atomic E-state index is 11.7. The molecule has 0 spiro atoms. The summed E-state index contributed by atoms with van der Waals surface area (Å²) in [6, 6.07) is 7.70.